The summed E-state index contributed by atoms with van der Waals surface area (Å²) in [7, 11) is -3.56. The molecule has 220 valence electrons. The summed E-state index contributed by atoms with van der Waals surface area (Å²) >= 11 is 8.20. The lowest BCUT2D eigenvalue weighted by atomic mass is 9.74. The monoisotopic (exact) mass is 617 g/mol. The number of halogens is 1. The molecular formula is C30H36ClN3O5S2. The average molecular weight is 618 g/mol. The first-order valence-corrected chi connectivity index (χ1v) is 17.1. The van der Waals surface area contributed by atoms with E-state index in [1.54, 1.807) is 6.20 Å². The highest BCUT2D eigenvalue weighted by Gasteiger charge is 2.54. The lowest BCUT2D eigenvalue weighted by Crippen LogP contribution is -2.53. The van der Waals surface area contributed by atoms with E-state index in [0.717, 1.165) is 77.5 Å². The molecule has 8 nitrogen and oxygen atoms in total. The van der Waals surface area contributed by atoms with Gasteiger partial charge in [-0.1, -0.05) is 11.6 Å². The summed E-state index contributed by atoms with van der Waals surface area (Å²) in [6.07, 6.45) is 8.64. The second-order valence-electron chi connectivity index (χ2n) is 12.5. The smallest absolute Gasteiger partial charge is 0.410 e. The first-order chi connectivity index (χ1) is 19.3. The number of pyridine rings is 1. The van der Waals surface area contributed by atoms with Gasteiger partial charge in [0.15, 0.2) is 0 Å². The quantitative estimate of drug-likeness (QED) is 0.292. The SMILES string of the molecule is CC(C)(C)OC(=O)N1C[C@H](N2CCCc3cc(Cl)cc(-c4ccnc5cc(COS(C)(=O)=O)sc45)c32)CC12CCC2. The predicted octanol–water partition coefficient (Wildman–Crippen LogP) is 6.78. The minimum atomic E-state index is -3.56. The van der Waals surface area contributed by atoms with Gasteiger partial charge in [-0.25, -0.2) is 4.79 Å². The minimum absolute atomic E-state index is 0.0241. The zero-order valence-electron chi connectivity index (χ0n) is 23.9. The maximum atomic E-state index is 13.4. The Morgan fingerprint density at radius 1 is 1.20 bits per heavy atom. The van der Waals surface area contributed by atoms with E-state index in [1.165, 1.54) is 22.6 Å². The molecule has 6 rings (SSSR count). The Morgan fingerprint density at radius 2 is 1.98 bits per heavy atom. The summed E-state index contributed by atoms with van der Waals surface area (Å²) in [6, 6.07) is 8.17. The molecule has 0 bridgehead atoms. The number of nitrogens with zero attached hydrogens (tertiary/aromatic N) is 3. The Morgan fingerprint density at radius 3 is 2.66 bits per heavy atom. The van der Waals surface area contributed by atoms with E-state index in [0.29, 0.717) is 11.6 Å². The fourth-order valence-electron chi connectivity index (χ4n) is 6.61. The molecule has 0 radical (unpaired) electrons. The van der Waals surface area contributed by atoms with Crippen LogP contribution in [0.1, 0.15) is 63.3 Å². The van der Waals surface area contributed by atoms with Crippen molar-refractivity contribution in [3.05, 3.63) is 45.9 Å². The number of fused-ring (bicyclic) bond motifs is 2. The van der Waals surface area contributed by atoms with Gasteiger partial charge in [0.1, 0.15) is 12.2 Å². The number of likely N-dealkylation sites (tertiary alicyclic amines) is 1. The van der Waals surface area contributed by atoms with Crippen molar-refractivity contribution in [2.45, 2.75) is 83.1 Å². The van der Waals surface area contributed by atoms with Crippen molar-refractivity contribution in [1.29, 1.82) is 0 Å². The van der Waals surface area contributed by atoms with Crippen LogP contribution in [-0.4, -0.2) is 60.9 Å². The summed E-state index contributed by atoms with van der Waals surface area (Å²) in [5.41, 5.74) is 4.54. The number of anilines is 1. The number of aryl methyl sites for hydroxylation is 1. The molecular weight excluding hydrogens is 582 g/mol. The average Bonchev–Trinajstić information content (AvgIpc) is 3.47. The molecule has 1 saturated heterocycles. The number of hydrogen-bond acceptors (Lipinski definition) is 8. The lowest BCUT2D eigenvalue weighted by Gasteiger charge is -2.45. The Kier molecular flexibility index (Phi) is 7.28. The molecule has 11 heteroatoms. The molecule has 4 heterocycles. The van der Waals surface area contributed by atoms with Crippen molar-refractivity contribution in [2.24, 2.45) is 0 Å². The van der Waals surface area contributed by atoms with Crippen molar-refractivity contribution in [1.82, 2.24) is 9.88 Å². The van der Waals surface area contributed by atoms with Crippen molar-refractivity contribution < 1.29 is 22.1 Å². The maximum absolute atomic E-state index is 13.4. The van der Waals surface area contributed by atoms with Gasteiger partial charge in [-0.2, -0.15) is 8.42 Å². The van der Waals surface area contributed by atoms with Gasteiger partial charge in [0.25, 0.3) is 10.1 Å². The Balaban J connectivity index is 1.39. The topological polar surface area (TPSA) is 89.0 Å². The number of benzene rings is 1. The highest BCUT2D eigenvalue weighted by molar-refractivity contribution is 7.85. The molecule has 2 aliphatic heterocycles. The van der Waals surface area contributed by atoms with Gasteiger partial charge in [0, 0.05) is 57.6 Å². The molecule has 0 N–H and O–H groups in total. The van der Waals surface area contributed by atoms with E-state index in [1.807, 2.05) is 43.9 Å². The van der Waals surface area contributed by atoms with Crippen LogP contribution in [0.2, 0.25) is 5.02 Å². The molecule has 3 aliphatic rings. The molecule has 1 aromatic carbocycles. The standard InChI is InChI=1S/C30H36ClN3O5S2/c1-29(2,3)39-28(35)34-17-21(16-30(34)9-6-10-30)33-12-5-7-19-13-20(31)14-24(26(19)33)23-8-11-32-25-15-22(40-27(23)25)18-38-41(4,36)37/h8,11,13-15,21H,5-7,9-10,12,16-18H2,1-4H3/t21-/m1/s1. The second kappa shape index (κ2) is 10.4. The number of aromatic nitrogens is 1. The van der Waals surface area contributed by atoms with E-state index in [4.69, 9.17) is 20.5 Å². The van der Waals surface area contributed by atoms with E-state index in [9.17, 15) is 13.2 Å². The summed E-state index contributed by atoms with van der Waals surface area (Å²) in [6.45, 7) is 7.26. The van der Waals surface area contributed by atoms with Crippen LogP contribution in [0, 0.1) is 0 Å². The summed E-state index contributed by atoms with van der Waals surface area (Å²) in [4.78, 5) is 23.2. The van der Waals surface area contributed by atoms with Crippen LogP contribution in [0.15, 0.2) is 30.5 Å². The molecule has 1 atom stereocenters. The summed E-state index contributed by atoms with van der Waals surface area (Å²) in [5, 5.41) is 0.681. The number of ether oxygens (including phenoxy) is 1. The van der Waals surface area contributed by atoms with Gasteiger partial charge in [-0.15, -0.1) is 11.3 Å². The van der Waals surface area contributed by atoms with Crippen LogP contribution in [-0.2, 0) is 32.1 Å². The van der Waals surface area contributed by atoms with Gasteiger partial charge in [-0.3, -0.25) is 9.17 Å². The molecule has 3 aromatic rings. The maximum Gasteiger partial charge on any atom is 0.410 e. The summed E-state index contributed by atoms with van der Waals surface area (Å²) < 4.78 is 35.1. The summed E-state index contributed by atoms with van der Waals surface area (Å²) in [5.74, 6) is 0. The second-order valence-corrected chi connectivity index (χ2v) is 15.8. The first-order valence-electron chi connectivity index (χ1n) is 14.1. The van der Waals surface area contributed by atoms with E-state index in [-0.39, 0.29) is 24.3 Å². The van der Waals surface area contributed by atoms with Crippen LogP contribution in [0.25, 0.3) is 21.3 Å². The zero-order valence-corrected chi connectivity index (χ0v) is 26.3. The highest BCUT2D eigenvalue weighted by atomic mass is 35.5. The number of rotatable bonds is 5. The molecule has 0 unspecified atom stereocenters. The van der Waals surface area contributed by atoms with Crippen LogP contribution >= 0.6 is 22.9 Å². The Hall–Kier alpha value is -2.40. The number of hydrogen-bond donors (Lipinski definition) is 0. The van der Waals surface area contributed by atoms with E-state index in [2.05, 4.69) is 16.0 Å². The molecule has 2 aromatic heterocycles. The first kappa shape index (κ1) is 28.7. The third kappa shape index (κ3) is 5.68. The number of carbonyl (C=O) groups is 1. The van der Waals surface area contributed by atoms with Crippen molar-refractivity contribution in [3.8, 4) is 11.1 Å². The number of carbonyl (C=O) groups excluding carboxylic acids is 1. The third-order valence-corrected chi connectivity index (χ3v) is 10.3. The Labute approximate surface area is 250 Å². The number of amides is 1. The van der Waals surface area contributed by atoms with Gasteiger partial charge < -0.3 is 14.5 Å². The van der Waals surface area contributed by atoms with Crippen molar-refractivity contribution in [3.63, 3.8) is 0 Å². The van der Waals surface area contributed by atoms with Crippen LogP contribution in [0.3, 0.4) is 0 Å². The lowest BCUT2D eigenvalue weighted by molar-refractivity contribution is -0.00979. The zero-order chi connectivity index (χ0) is 29.2. The van der Waals surface area contributed by atoms with E-state index < -0.39 is 15.7 Å². The molecule has 1 amide bonds. The normalized spacial score (nSPS) is 20.4. The van der Waals surface area contributed by atoms with Crippen LogP contribution in [0.4, 0.5) is 10.5 Å². The predicted molar refractivity (Wildman–Crippen MR) is 163 cm³/mol. The van der Waals surface area contributed by atoms with Crippen LogP contribution < -0.4 is 4.90 Å². The highest BCUT2D eigenvalue weighted by Crippen LogP contribution is 2.50. The van der Waals surface area contributed by atoms with Crippen LogP contribution in [0.5, 0.6) is 0 Å². The largest absolute Gasteiger partial charge is 0.444 e. The third-order valence-electron chi connectivity index (χ3n) is 8.37. The van der Waals surface area contributed by atoms with Gasteiger partial charge in [-0.05, 0) is 89.1 Å². The van der Waals surface area contributed by atoms with Gasteiger partial charge >= 0.3 is 6.09 Å². The van der Waals surface area contributed by atoms with Crippen molar-refractivity contribution in [2.75, 3.05) is 24.2 Å². The van der Waals surface area contributed by atoms with Crippen molar-refractivity contribution >= 4 is 55.1 Å². The molecule has 1 saturated carbocycles. The Bertz CT molecular complexity index is 1610. The molecule has 41 heavy (non-hydrogen) atoms. The van der Waals surface area contributed by atoms with Gasteiger partial charge in [0.05, 0.1) is 16.5 Å². The van der Waals surface area contributed by atoms with E-state index >= 15 is 0 Å². The molecule has 2 fully saturated rings. The number of thiophene rings is 1. The molecule has 1 aliphatic carbocycles. The fraction of sp³-hybridized carbons (Fsp3) is 0.533. The fourth-order valence-corrected chi connectivity index (χ4v) is 8.33. The minimum Gasteiger partial charge on any atom is -0.444 e. The molecule has 1 spiro atoms. The van der Waals surface area contributed by atoms with Gasteiger partial charge in [0.2, 0.25) is 0 Å².